The van der Waals surface area contributed by atoms with Crippen molar-refractivity contribution in [1.29, 1.82) is 0 Å². The molecule has 3 aromatic carbocycles. The number of hydrogen-bond donors (Lipinski definition) is 2. The van der Waals surface area contributed by atoms with Gasteiger partial charge in [-0.25, -0.2) is 10.1 Å². The Kier molecular flexibility index (Phi) is 5.99. The first-order valence-corrected chi connectivity index (χ1v) is 11.2. The zero-order chi connectivity index (χ0) is 23.3. The van der Waals surface area contributed by atoms with Crippen LogP contribution in [-0.4, -0.2) is 37.4 Å². The highest BCUT2D eigenvalue weighted by molar-refractivity contribution is 7.98. The van der Waals surface area contributed by atoms with Crippen LogP contribution in [-0.2, 0) is 5.75 Å². The highest BCUT2D eigenvalue weighted by Gasteiger charge is 2.24. The fraction of sp³-hybridized carbons (Fsp3) is 0.0435. The molecule has 0 saturated heterocycles. The molecule has 5 aromatic rings. The maximum Gasteiger partial charge on any atom is 0.293 e. The molecule has 0 spiro atoms. The summed E-state index contributed by atoms with van der Waals surface area (Å²) in [4.78, 5) is 14.0. The number of hydrogen-bond acceptors (Lipinski definition) is 9. The number of hydrazone groups is 1. The minimum atomic E-state index is -0.513. The topological polar surface area (TPSA) is 137 Å². The summed E-state index contributed by atoms with van der Waals surface area (Å²) in [5, 5.41) is 21.7. The predicted octanol–water partition coefficient (Wildman–Crippen LogP) is 3.44. The number of nitrogens with zero attached hydrogens (tertiary/aromatic N) is 6. The molecule has 0 unspecified atom stereocenters. The van der Waals surface area contributed by atoms with Gasteiger partial charge in [-0.15, -0.1) is 16.9 Å². The smallest absolute Gasteiger partial charge is 0.293 e. The number of thioether (sulfide) groups is 1. The van der Waals surface area contributed by atoms with Gasteiger partial charge in [-0.2, -0.15) is 9.78 Å². The van der Waals surface area contributed by atoms with Gasteiger partial charge in [0.15, 0.2) is 5.69 Å². The van der Waals surface area contributed by atoms with Crippen LogP contribution in [0.4, 0.5) is 5.82 Å². The van der Waals surface area contributed by atoms with Crippen molar-refractivity contribution in [2.75, 3.05) is 5.73 Å². The number of nitrogens with one attached hydrogen (secondary N) is 1. The lowest BCUT2D eigenvalue weighted by atomic mass is 10.1. The lowest BCUT2D eigenvalue weighted by Gasteiger charge is -2.06. The summed E-state index contributed by atoms with van der Waals surface area (Å²) >= 11 is 1.51. The highest BCUT2D eigenvalue weighted by atomic mass is 32.2. The molecule has 34 heavy (non-hydrogen) atoms. The van der Waals surface area contributed by atoms with E-state index in [9.17, 15) is 4.79 Å². The molecule has 2 aromatic heterocycles. The van der Waals surface area contributed by atoms with Crippen LogP contribution in [0.25, 0.3) is 16.6 Å². The van der Waals surface area contributed by atoms with Crippen LogP contribution in [0.15, 0.2) is 87.4 Å². The van der Waals surface area contributed by atoms with Gasteiger partial charge >= 0.3 is 0 Å². The van der Waals surface area contributed by atoms with Crippen LogP contribution >= 0.6 is 11.8 Å². The van der Waals surface area contributed by atoms with Crippen molar-refractivity contribution >= 4 is 40.5 Å². The van der Waals surface area contributed by atoms with E-state index in [0.29, 0.717) is 11.4 Å². The first-order valence-electron chi connectivity index (χ1n) is 10.2. The van der Waals surface area contributed by atoms with E-state index in [1.54, 1.807) is 6.21 Å². The van der Waals surface area contributed by atoms with Gasteiger partial charge < -0.3 is 5.73 Å². The number of rotatable bonds is 7. The third-order valence-corrected chi connectivity index (χ3v) is 6.01. The second kappa shape index (κ2) is 9.55. The van der Waals surface area contributed by atoms with Crippen LogP contribution in [0.5, 0.6) is 0 Å². The number of nitrogens with two attached hydrogens (primary N) is 1. The minimum Gasteiger partial charge on any atom is -0.378 e. The number of benzene rings is 3. The predicted molar refractivity (Wildman–Crippen MR) is 129 cm³/mol. The Morgan fingerprint density at radius 3 is 2.68 bits per heavy atom. The van der Waals surface area contributed by atoms with Crippen LogP contribution < -0.4 is 11.2 Å². The maximum atomic E-state index is 13.0. The van der Waals surface area contributed by atoms with Crippen LogP contribution in [0.3, 0.4) is 0 Å². The molecule has 0 aliphatic rings. The standard InChI is InChI=1S/C23H18N8O2S/c24-21-22(29-33-28-21)31-19(14-34-17-10-2-1-3-11-17)20(26-30-31)23(32)27-25-13-16-9-6-8-15-7-4-5-12-18(15)16/h1-13H,14H2,(H2,24,28)(H,27,32). The number of carbonyl (C=O) groups is 1. The molecule has 2 heterocycles. The van der Waals surface area contributed by atoms with Crippen molar-refractivity contribution in [1.82, 2.24) is 30.7 Å². The fourth-order valence-corrected chi connectivity index (χ4v) is 4.27. The lowest BCUT2D eigenvalue weighted by molar-refractivity contribution is 0.0949. The maximum absolute atomic E-state index is 13.0. The van der Waals surface area contributed by atoms with E-state index < -0.39 is 5.91 Å². The Morgan fingerprint density at radius 1 is 1.06 bits per heavy atom. The number of carbonyl (C=O) groups excluding carboxylic acids is 1. The average Bonchev–Trinajstić information content (AvgIpc) is 3.49. The van der Waals surface area contributed by atoms with E-state index in [0.717, 1.165) is 21.2 Å². The molecule has 0 aliphatic carbocycles. The summed E-state index contributed by atoms with van der Waals surface area (Å²) in [6.07, 6.45) is 1.60. The van der Waals surface area contributed by atoms with Crippen LogP contribution in [0.2, 0.25) is 0 Å². The Bertz CT molecular complexity index is 1470. The van der Waals surface area contributed by atoms with E-state index in [-0.39, 0.29) is 17.3 Å². The third-order valence-electron chi connectivity index (χ3n) is 4.99. The largest absolute Gasteiger partial charge is 0.378 e. The van der Waals surface area contributed by atoms with Crippen molar-refractivity contribution in [3.63, 3.8) is 0 Å². The van der Waals surface area contributed by atoms with Crippen molar-refractivity contribution < 1.29 is 9.42 Å². The zero-order valence-corrected chi connectivity index (χ0v) is 18.5. The van der Waals surface area contributed by atoms with Gasteiger partial charge in [-0.3, -0.25) is 4.79 Å². The third kappa shape index (κ3) is 4.36. The number of anilines is 1. The minimum absolute atomic E-state index is 0.0387. The van der Waals surface area contributed by atoms with Gasteiger partial charge in [-0.05, 0) is 33.2 Å². The van der Waals surface area contributed by atoms with E-state index in [1.165, 1.54) is 16.4 Å². The summed E-state index contributed by atoms with van der Waals surface area (Å²) in [6, 6.07) is 23.6. The van der Waals surface area contributed by atoms with E-state index >= 15 is 0 Å². The molecule has 0 fully saturated rings. The second-order valence-electron chi connectivity index (χ2n) is 7.14. The average molecular weight is 471 g/mol. The molecule has 0 saturated carbocycles. The molecule has 168 valence electrons. The summed E-state index contributed by atoms with van der Waals surface area (Å²) in [5.74, 6) is 0.0618. The first kappa shape index (κ1) is 21.3. The van der Waals surface area contributed by atoms with E-state index in [1.807, 2.05) is 72.8 Å². The van der Waals surface area contributed by atoms with Crippen LogP contribution in [0.1, 0.15) is 21.7 Å². The molecule has 0 atom stereocenters. The van der Waals surface area contributed by atoms with Gasteiger partial charge in [-0.1, -0.05) is 65.9 Å². The molecule has 5 rings (SSSR count). The molecule has 0 radical (unpaired) electrons. The number of nitrogen functional groups attached to an aromatic ring is 1. The monoisotopic (exact) mass is 470 g/mol. The molecule has 0 bridgehead atoms. The summed E-state index contributed by atoms with van der Waals surface area (Å²) in [6.45, 7) is 0. The zero-order valence-electron chi connectivity index (χ0n) is 17.7. The molecular weight excluding hydrogens is 452 g/mol. The summed E-state index contributed by atoms with van der Waals surface area (Å²) < 4.78 is 6.04. The fourth-order valence-electron chi connectivity index (χ4n) is 3.36. The quantitative estimate of drug-likeness (QED) is 0.210. The number of amides is 1. The molecular formula is C23H18N8O2S. The second-order valence-corrected chi connectivity index (χ2v) is 8.19. The van der Waals surface area contributed by atoms with Gasteiger partial charge in [0.05, 0.1) is 11.9 Å². The first-order chi connectivity index (χ1) is 16.7. The highest BCUT2D eigenvalue weighted by Crippen LogP contribution is 2.26. The van der Waals surface area contributed by atoms with Crippen molar-refractivity contribution in [3.8, 4) is 5.82 Å². The van der Waals surface area contributed by atoms with Crippen molar-refractivity contribution in [2.24, 2.45) is 5.10 Å². The Hall–Kier alpha value is -4.51. The molecule has 0 aliphatic heterocycles. The van der Waals surface area contributed by atoms with Gasteiger partial charge in [0.1, 0.15) is 0 Å². The molecule has 10 nitrogen and oxygen atoms in total. The van der Waals surface area contributed by atoms with E-state index in [4.69, 9.17) is 10.4 Å². The lowest BCUT2D eigenvalue weighted by Crippen LogP contribution is -2.20. The van der Waals surface area contributed by atoms with E-state index in [2.05, 4.69) is 31.2 Å². The summed E-state index contributed by atoms with van der Waals surface area (Å²) in [7, 11) is 0. The van der Waals surface area contributed by atoms with Gasteiger partial charge in [0, 0.05) is 16.2 Å². The molecule has 1 amide bonds. The Labute approximate surface area is 197 Å². The van der Waals surface area contributed by atoms with Gasteiger partial charge in [0.2, 0.25) is 11.6 Å². The normalized spacial score (nSPS) is 11.3. The summed E-state index contributed by atoms with van der Waals surface area (Å²) in [5.41, 5.74) is 9.83. The number of fused-ring (bicyclic) bond motifs is 1. The Morgan fingerprint density at radius 2 is 1.85 bits per heavy atom. The SMILES string of the molecule is Nc1nonc1-n1nnc(C(=O)NN=Cc2cccc3ccccc23)c1CSc1ccccc1. The number of aromatic nitrogens is 5. The van der Waals surface area contributed by atoms with Crippen LogP contribution in [0, 0.1) is 0 Å². The van der Waals surface area contributed by atoms with Crippen molar-refractivity contribution in [2.45, 2.75) is 10.6 Å². The van der Waals surface area contributed by atoms with Gasteiger partial charge in [0.25, 0.3) is 5.91 Å². The van der Waals surface area contributed by atoms with Crippen molar-refractivity contribution in [3.05, 3.63) is 89.7 Å². The Balaban J connectivity index is 1.40. The molecule has 3 N–H and O–H groups in total. The molecule has 11 heteroatoms.